The van der Waals surface area contributed by atoms with Gasteiger partial charge in [0.05, 0.1) is 12.8 Å². The molecule has 0 radical (unpaired) electrons. The summed E-state index contributed by atoms with van der Waals surface area (Å²) in [5.74, 6) is 0.429. The van der Waals surface area contributed by atoms with E-state index in [9.17, 15) is 9.59 Å². The molecule has 0 bridgehead atoms. The summed E-state index contributed by atoms with van der Waals surface area (Å²) in [7, 11) is 1.49. The van der Waals surface area contributed by atoms with E-state index in [1.807, 2.05) is 35.7 Å². The first kappa shape index (κ1) is 17.6. The van der Waals surface area contributed by atoms with Gasteiger partial charge in [0.1, 0.15) is 6.29 Å². The summed E-state index contributed by atoms with van der Waals surface area (Å²) in [6.07, 6.45) is 0.701. The van der Waals surface area contributed by atoms with Gasteiger partial charge < -0.3 is 9.47 Å². The van der Waals surface area contributed by atoms with Crippen molar-refractivity contribution in [2.24, 2.45) is 0 Å². The Bertz CT molecular complexity index is 909. The zero-order chi connectivity index (χ0) is 18.4. The maximum atomic E-state index is 12.1. The molecular weight excluding hydrogens is 352 g/mol. The van der Waals surface area contributed by atoms with E-state index >= 15 is 0 Å². The van der Waals surface area contributed by atoms with Crippen molar-refractivity contribution in [2.45, 2.75) is 0 Å². The fourth-order valence-electron chi connectivity index (χ4n) is 2.25. The number of hydrogen-bond donors (Lipinski definition) is 1. The van der Waals surface area contributed by atoms with Crippen LogP contribution in [0.25, 0.3) is 11.3 Å². The van der Waals surface area contributed by atoms with Crippen LogP contribution in [0.15, 0.2) is 53.9 Å². The first-order chi connectivity index (χ1) is 12.7. The van der Waals surface area contributed by atoms with Crippen molar-refractivity contribution in [1.82, 2.24) is 4.98 Å². The molecule has 3 aromatic rings. The van der Waals surface area contributed by atoms with Crippen LogP contribution in [0.3, 0.4) is 0 Å². The van der Waals surface area contributed by atoms with E-state index in [1.165, 1.54) is 24.5 Å². The Morgan fingerprint density at radius 2 is 2.00 bits per heavy atom. The van der Waals surface area contributed by atoms with Gasteiger partial charge in [-0.1, -0.05) is 30.3 Å². The Morgan fingerprint density at radius 1 is 1.19 bits per heavy atom. The Kier molecular flexibility index (Phi) is 5.60. The molecule has 1 heterocycles. The maximum absolute atomic E-state index is 12.1. The number of rotatable bonds is 7. The molecule has 2 aromatic carbocycles. The number of amides is 1. The van der Waals surface area contributed by atoms with Crippen LogP contribution in [0.1, 0.15) is 10.4 Å². The average molecular weight is 368 g/mol. The van der Waals surface area contributed by atoms with Gasteiger partial charge >= 0.3 is 0 Å². The van der Waals surface area contributed by atoms with Crippen molar-refractivity contribution in [1.29, 1.82) is 0 Å². The SMILES string of the molecule is COc1ccc(C=O)cc1OCC(=O)Nc1nc(-c2ccccc2)cs1. The number of ether oxygens (including phenoxy) is 2. The predicted molar refractivity (Wildman–Crippen MR) is 100 cm³/mol. The molecule has 26 heavy (non-hydrogen) atoms. The molecule has 1 N–H and O–H groups in total. The number of nitrogens with one attached hydrogen (secondary N) is 1. The number of carbonyl (C=O) groups is 2. The number of benzene rings is 2. The highest BCUT2D eigenvalue weighted by molar-refractivity contribution is 7.14. The van der Waals surface area contributed by atoms with E-state index in [-0.39, 0.29) is 12.5 Å². The number of methoxy groups -OCH3 is 1. The Hall–Kier alpha value is -3.19. The minimum Gasteiger partial charge on any atom is -0.493 e. The van der Waals surface area contributed by atoms with Crippen LogP contribution < -0.4 is 14.8 Å². The normalized spacial score (nSPS) is 10.2. The molecule has 1 amide bonds. The molecule has 0 spiro atoms. The Labute approximate surface area is 154 Å². The van der Waals surface area contributed by atoms with Crippen LogP contribution in [0.5, 0.6) is 11.5 Å². The molecule has 0 aliphatic rings. The van der Waals surface area contributed by atoms with Gasteiger partial charge in [0, 0.05) is 16.5 Å². The van der Waals surface area contributed by atoms with E-state index < -0.39 is 0 Å². The van der Waals surface area contributed by atoms with Crippen LogP contribution in [0, 0.1) is 0 Å². The molecule has 1 aromatic heterocycles. The first-order valence-corrected chi connectivity index (χ1v) is 8.64. The lowest BCUT2D eigenvalue weighted by Crippen LogP contribution is -2.20. The summed E-state index contributed by atoms with van der Waals surface area (Å²) in [5.41, 5.74) is 2.22. The maximum Gasteiger partial charge on any atom is 0.264 e. The topological polar surface area (TPSA) is 77.5 Å². The van der Waals surface area contributed by atoms with E-state index in [0.717, 1.165) is 11.3 Å². The molecule has 6 nitrogen and oxygen atoms in total. The van der Waals surface area contributed by atoms with Gasteiger partial charge in [-0.15, -0.1) is 11.3 Å². The van der Waals surface area contributed by atoms with Crippen molar-refractivity contribution in [3.05, 3.63) is 59.5 Å². The molecule has 0 saturated carbocycles. The Balaban J connectivity index is 1.62. The molecule has 0 atom stereocenters. The fourth-order valence-corrected chi connectivity index (χ4v) is 2.99. The molecule has 3 rings (SSSR count). The average Bonchev–Trinajstić information content (AvgIpc) is 3.15. The zero-order valence-corrected chi connectivity index (χ0v) is 14.8. The number of aldehydes is 1. The van der Waals surface area contributed by atoms with E-state index in [0.29, 0.717) is 28.5 Å². The number of hydrogen-bond acceptors (Lipinski definition) is 6. The smallest absolute Gasteiger partial charge is 0.264 e. The van der Waals surface area contributed by atoms with Gasteiger partial charge in [0.15, 0.2) is 23.2 Å². The summed E-state index contributed by atoms with van der Waals surface area (Å²) in [5, 5.41) is 5.07. The fraction of sp³-hybridized carbons (Fsp3) is 0.105. The number of thiazole rings is 1. The van der Waals surface area contributed by atoms with Gasteiger partial charge in [-0.3, -0.25) is 14.9 Å². The summed E-state index contributed by atoms with van der Waals surface area (Å²) in [4.78, 5) is 27.4. The summed E-state index contributed by atoms with van der Waals surface area (Å²) in [6.45, 7) is -0.223. The van der Waals surface area contributed by atoms with Crippen LogP contribution in [-0.4, -0.2) is 30.9 Å². The molecule has 0 unspecified atom stereocenters. The van der Waals surface area contributed by atoms with Gasteiger partial charge in [0.25, 0.3) is 5.91 Å². The number of carbonyl (C=O) groups excluding carboxylic acids is 2. The van der Waals surface area contributed by atoms with Crippen LogP contribution in [-0.2, 0) is 4.79 Å². The van der Waals surface area contributed by atoms with Gasteiger partial charge in [-0.25, -0.2) is 4.98 Å². The van der Waals surface area contributed by atoms with Crippen molar-refractivity contribution in [3.8, 4) is 22.8 Å². The molecule has 0 saturated heterocycles. The first-order valence-electron chi connectivity index (χ1n) is 7.76. The van der Waals surface area contributed by atoms with E-state index in [4.69, 9.17) is 9.47 Å². The lowest BCUT2D eigenvalue weighted by Gasteiger charge is -2.10. The second-order valence-electron chi connectivity index (χ2n) is 5.27. The van der Waals surface area contributed by atoms with Crippen molar-refractivity contribution >= 4 is 28.7 Å². The van der Waals surface area contributed by atoms with Gasteiger partial charge in [-0.05, 0) is 18.2 Å². The highest BCUT2D eigenvalue weighted by Crippen LogP contribution is 2.28. The van der Waals surface area contributed by atoms with Crippen molar-refractivity contribution in [3.63, 3.8) is 0 Å². The van der Waals surface area contributed by atoms with Crippen LogP contribution in [0.4, 0.5) is 5.13 Å². The highest BCUT2D eigenvalue weighted by Gasteiger charge is 2.11. The Morgan fingerprint density at radius 3 is 2.73 bits per heavy atom. The molecule has 7 heteroatoms. The molecule has 132 valence electrons. The second-order valence-corrected chi connectivity index (χ2v) is 6.13. The monoisotopic (exact) mass is 368 g/mol. The summed E-state index contributed by atoms with van der Waals surface area (Å²) < 4.78 is 10.6. The lowest BCUT2D eigenvalue weighted by atomic mass is 10.2. The van der Waals surface area contributed by atoms with Crippen molar-refractivity contribution < 1.29 is 19.1 Å². The predicted octanol–water partition coefficient (Wildman–Crippen LogP) is 3.65. The molecule has 0 fully saturated rings. The number of aromatic nitrogens is 1. The standard InChI is InChI=1S/C19H16N2O4S/c1-24-16-8-7-13(10-22)9-17(16)25-11-18(23)21-19-20-15(12-26-19)14-5-3-2-4-6-14/h2-10,12H,11H2,1H3,(H,20,21,23). The molecule has 0 aliphatic carbocycles. The van der Waals surface area contributed by atoms with Crippen molar-refractivity contribution in [2.75, 3.05) is 19.0 Å². The number of anilines is 1. The minimum atomic E-state index is -0.350. The third-order valence-electron chi connectivity index (χ3n) is 3.50. The summed E-state index contributed by atoms with van der Waals surface area (Å²) in [6, 6.07) is 14.5. The lowest BCUT2D eigenvalue weighted by molar-refractivity contribution is -0.118. The van der Waals surface area contributed by atoms with Gasteiger partial charge in [0.2, 0.25) is 0 Å². The minimum absolute atomic E-state index is 0.223. The molecule has 0 aliphatic heterocycles. The molecular formula is C19H16N2O4S. The zero-order valence-electron chi connectivity index (χ0n) is 14.0. The van der Waals surface area contributed by atoms with E-state index in [1.54, 1.807) is 12.1 Å². The van der Waals surface area contributed by atoms with E-state index in [2.05, 4.69) is 10.3 Å². The van der Waals surface area contributed by atoms with Gasteiger partial charge in [-0.2, -0.15) is 0 Å². The quantitative estimate of drug-likeness (QED) is 0.644. The summed E-state index contributed by atoms with van der Waals surface area (Å²) >= 11 is 1.34. The van der Waals surface area contributed by atoms with Crippen LogP contribution in [0.2, 0.25) is 0 Å². The highest BCUT2D eigenvalue weighted by atomic mass is 32.1. The third kappa shape index (κ3) is 4.25. The number of nitrogens with zero attached hydrogens (tertiary/aromatic N) is 1. The largest absolute Gasteiger partial charge is 0.493 e. The third-order valence-corrected chi connectivity index (χ3v) is 4.26. The van der Waals surface area contributed by atoms with Crippen LogP contribution >= 0.6 is 11.3 Å². The second kappa shape index (κ2) is 8.26.